The highest BCUT2D eigenvalue weighted by Gasteiger charge is 2.43. The summed E-state index contributed by atoms with van der Waals surface area (Å²) in [4.78, 5) is 29.0. The molecular formula is C21H24N2O2S. The Hall–Kier alpha value is -2.14. The van der Waals surface area contributed by atoms with Crippen LogP contribution in [-0.4, -0.2) is 29.8 Å². The number of hydrogen-bond acceptors (Lipinski definition) is 3. The van der Waals surface area contributed by atoms with Crippen molar-refractivity contribution >= 4 is 23.2 Å². The minimum atomic E-state index is -0.366. The van der Waals surface area contributed by atoms with Crippen molar-refractivity contribution in [1.29, 1.82) is 0 Å². The van der Waals surface area contributed by atoms with Crippen molar-refractivity contribution in [2.45, 2.75) is 50.1 Å². The first-order valence-electron chi connectivity index (χ1n) is 9.36. The summed E-state index contributed by atoms with van der Waals surface area (Å²) in [6.07, 6.45) is 5.72. The van der Waals surface area contributed by atoms with Crippen molar-refractivity contribution in [3.63, 3.8) is 0 Å². The van der Waals surface area contributed by atoms with Gasteiger partial charge in [-0.05, 0) is 35.9 Å². The van der Waals surface area contributed by atoms with E-state index in [-0.39, 0.29) is 29.8 Å². The molecule has 1 aromatic heterocycles. The van der Waals surface area contributed by atoms with Crippen LogP contribution in [0, 0.1) is 0 Å². The van der Waals surface area contributed by atoms with Crippen molar-refractivity contribution in [1.82, 2.24) is 10.2 Å². The zero-order chi connectivity index (χ0) is 18.1. The molecule has 1 aromatic carbocycles. The molecule has 1 fully saturated rings. The molecule has 0 radical (unpaired) electrons. The van der Waals surface area contributed by atoms with Gasteiger partial charge in [0.25, 0.3) is 5.91 Å². The van der Waals surface area contributed by atoms with E-state index in [0.717, 1.165) is 23.3 Å². The second-order valence-corrected chi connectivity index (χ2v) is 8.26. The fraction of sp³-hybridized carbons (Fsp3) is 0.429. The largest absolute Gasteiger partial charge is 0.353 e. The zero-order valence-corrected chi connectivity index (χ0v) is 15.8. The predicted octanol–water partition coefficient (Wildman–Crippen LogP) is 4.11. The number of nitrogens with one attached hydrogen (secondary N) is 1. The molecule has 4 nitrogen and oxygen atoms in total. The van der Waals surface area contributed by atoms with Crippen molar-refractivity contribution in [3.8, 4) is 0 Å². The first-order chi connectivity index (χ1) is 12.7. The van der Waals surface area contributed by atoms with Gasteiger partial charge in [-0.25, -0.2) is 0 Å². The summed E-state index contributed by atoms with van der Waals surface area (Å²) < 4.78 is 0. The van der Waals surface area contributed by atoms with Gasteiger partial charge in [0.15, 0.2) is 0 Å². The van der Waals surface area contributed by atoms with Crippen LogP contribution in [0.5, 0.6) is 0 Å². The number of carbonyl (C=O) groups is 2. The standard InChI is InChI=1S/C21H24N2O2S/c1-23-19(17-12-7-13-26-17)18(15-10-5-6-11-16(15)21(23)25)20(24)22-14-8-3-2-4-9-14/h5-7,10-14,18-19H,2-4,8-9H2,1H3,(H,22,24). The Morgan fingerprint density at radius 3 is 2.62 bits per heavy atom. The molecule has 2 amide bonds. The third-order valence-electron chi connectivity index (χ3n) is 5.65. The van der Waals surface area contributed by atoms with Crippen LogP contribution in [0.4, 0.5) is 0 Å². The molecule has 2 atom stereocenters. The van der Waals surface area contributed by atoms with Crippen LogP contribution < -0.4 is 5.32 Å². The lowest BCUT2D eigenvalue weighted by Gasteiger charge is -2.39. The number of hydrogen-bond donors (Lipinski definition) is 1. The fourth-order valence-electron chi connectivity index (χ4n) is 4.31. The van der Waals surface area contributed by atoms with Crippen molar-refractivity contribution < 1.29 is 9.59 Å². The zero-order valence-electron chi connectivity index (χ0n) is 15.0. The summed E-state index contributed by atoms with van der Waals surface area (Å²) in [6.45, 7) is 0. The Balaban J connectivity index is 1.72. The quantitative estimate of drug-likeness (QED) is 0.886. The lowest BCUT2D eigenvalue weighted by Crippen LogP contribution is -2.47. The predicted molar refractivity (Wildman–Crippen MR) is 103 cm³/mol. The Bertz CT molecular complexity index is 796. The molecule has 4 rings (SSSR count). The minimum absolute atomic E-state index is 0.0132. The molecular weight excluding hydrogens is 344 g/mol. The minimum Gasteiger partial charge on any atom is -0.353 e. The number of amides is 2. The van der Waals surface area contributed by atoms with Gasteiger partial charge in [-0.3, -0.25) is 9.59 Å². The van der Waals surface area contributed by atoms with Gasteiger partial charge >= 0.3 is 0 Å². The molecule has 2 heterocycles. The molecule has 1 N–H and O–H groups in total. The Labute approximate surface area is 158 Å². The molecule has 1 saturated carbocycles. The molecule has 2 unspecified atom stereocenters. The summed E-state index contributed by atoms with van der Waals surface area (Å²) in [5, 5.41) is 5.29. The van der Waals surface area contributed by atoms with Crippen LogP contribution in [0.15, 0.2) is 41.8 Å². The monoisotopic (exact) mass is 368 g/mol. The lowest BCUT2D eigenvalue weighted by molar-refractivity contribution is -0.125. The van der Waals surface area contributed by atoms with E-state index in [4.69, 9.17) is 0 Å². The summed E-state index contributed by atoms with van der Waals surface area (Å²) in [7, 11) is 1.81. The summed E-state index contributed by atoms with van der Waals surface area (Å²) in [5.74, 6) is -0.336. The third kappa shape index (κ3) is 3.05. The number of carbonyl (C=O) groups excluding carboxylic acids is 2. The molecule has 136 valence electrons. The fourth-order valence-corrected chi connectivity index (χ4v) is 5.22. The maximum atomic E-state index is 13.3. The number of fused-ring (bicyclic) bond motifs is 1. The van der Waals surface area contributed by atoms with E-state index in [1.807, 2.05) is 48.8 Å². The van der Waals surface area contributed by atoms with Crippen LogP contribution in [-0.2, 0) is 4.79 Å². The maximum absolute atomic E-state index is 13.3. The number of likely N-dealkylation sites (N-methyl/N-ethyl adjacent to an activating group) is 1. The molecule has 0 bridgehead atoms. The third-order valence-corrected chi connectivity index (χ3v) is 6.59. The van der Waals surface area contributed by atoms with Gasteiger partial charge < -0.3 is 10.2 Å². The molecule has 2 aromatic rings. The van der Waals surface area contributed by atoms with Gasteiger partial charge in [0.05, 0.1) is 12.0 Å². The average molecular weight is 369 g/mol. The molecule has 5 heteroatoms. The molecule has 1 aliphatic carbocycles. The number of nitrogens with zero attached hydrogens (tertiary/aromatic N) is 1. The second-order valence-electron chi connectivity index (χ2n) is 7.28. The Kier molecular flexibility index (Phi) is 4.81. The van der Waals surface area contributed by atoms with E-state index in [9.17, 15) is 9.59 Å². The van der Waals surface area contributed by atoms with E-state index in [2.05, 4.69) is 5.32 Å². The topological polar surface area (TPSA) is 49.4 Å². The van der Waals surface area contributed by atoms with Crippen LogP contribution in [0.2, 0.25) is 0 Å². The average Bonchev–Trinajstić information content (AvgIpc) is 3.19. The van der Waals surface area contributed by atoms with Crippen LogP contribution in [0.1, 0.15) is 64.9 Å². The van der Waals surface area contributed by atoms with Gasteiger partial charge in [0, 0.05) is 23.5 Å². The molecule has 1 aliphatic heterocycles. The van der Waals surface area contributed by atoms with Crippen molar-refractivity contribution in [3.05, 3.63) is 57.8 Å². The van der Waals surface area contributed by atoms with Gasteiger partial charge in [0.1, 0.15) is 0 Å². The Morgan fingerprint density at radius 1 is 1.12 bits per heavy atom. The molecule has 0 saturated heterocycles. The number of rotatable bonds is 3. The van der Waals surface area contributed by atoms with E-state index >= 15 is 0 Å². The Morgan fingerprint density at radius 2 is 1.88 bits per heavy atom. The second kappa shape index (κ2) is 7.23. The highest BCUT2D eigenvalue weighted by atomic mass is 32.1. The summed E-state index contributed by atoms with van der Waals surface area (Å²) >= 11 is 1.60. The van der Waals surface area contributed by atoms with E-state index < -0.39 is 0 Å². The van der Waals surface area contributed by atoms with Gasteiger partial charge in [-0.2, -0.15) is 0 Å². The highest BCUT2D eigenvalue weighted by Crippen LogP contribution is 2.43. The molecule has 0 spiro atoms. The van der Waals surface area contributed by atoms with E-state index in [0.29, 0.717) is 5.56 Å². The normalized spacial score (nSPS) is 23.6. The van der Waals surface area contributed by atoms with E-state index in [1.165, 1.54) is 19.3 Å². The van der Waals surface area contributed by atoms with Crippen LogP contribution in [0.3, 0.4) is 0 Å². The SMILES string of the molecule is CN1C(=O)c2ccccc2C(C(=O)NC2CCCCC2)C1c1cccs1. The maximum Gasteiger partial charge on any atom is 0.254 e. The lowest BCUT2D eigenvalue weighted by atomic mass is 9.81. The smallest absolute Gasteiger partial charge is 0.254 e. The highest BCUT2D eigenvalue weighted by molar-refractivity contribution is 7.10. The van der Waals surface area contributed by atoms with Gasteiger partial charge in [-0.1, -0.05) is 43.5 Å². The van der Waals surface area contributed by atoms with Crippen LogP contribution in [0.25, 0.3) is 0 Å². The first-order valence-corrected chi connectivity index (χ1v) is 10.2. The van der Waals surface area contributed by atoms with Crippen LogP contribution >= 0.6 is 11.3 Å². The van der Waals surface area contributed by atoms with E-state index in [1.54, 1.807) is 16.2 Å². The molecule has 26 heavy (non-hydrogen) atoms. The number of benzene rings is 1. The van der Waals surface area contributed by atoms with Crippen molar-refractivity contribution in [2.24, 2.45) is 0 Å². The molecule has 2 aliphatic rings. The first kappa shape index (κ1) is 17.3. The summed E-state index contributed by atoms with van der Waals surface area (Å²) in [5.41, 5.74) is 1.49. The summed E-state index contributed by atoms with van der Waals surface area (Å²) in [6, 6.07) is 11.6. The van der Waals surface area contributed by atoms with Gasteiger partial charge in [0.2, 0.25) is 5.91 Å². The number of thiophene rings is 1. The van der Waals surface area contributed by atoms with Gasteiger partial charge in [-0.15, -0.1) is 11.3 Å². The van der Waals surface area contributed by atoms with Crippen molar-refractivity contribution in [2.75, 3.05) is 7.05 Å².